The van der Waals surface area contributed by atoms with Crippen LogP contribution in [-0.2, 0) is 16.0 Å². The highest BCUT2D eigenvalue weighted by molar-refractivity contribution is 5.86. The van der Waals surface area contributed by atoms with Gasteiger partial charge in [-0.2, -0.15) is 0 Å². The van der Waals surface area contributed by atoms with E-state index in [2.05, 4.69) is 5.32 Å². The van der Waals surface area contributed by atoms with E-state index in [0.717, 1.165) is 24.8 Å². The molecular formula is C20H30FN3O3. The topological polar surface area (TPSA) is 84.7 Å². The highest BCUT2D eigenvalue weighted by Gasteiger charge is 2.30. The summed E-state index contributed by atoms with van der Waals surface area (Å²) in [4.78, 5) is 26.5. The molecule has 0 unspecified atom stereocenters. The Morgan fingerprint density at radius 2 is 2.00 bits per heavy atom. The fourth-order valence-electron chi connectivity index (χ4n) is 3.28. The van der Waals surface area contributed by atoms with Crippen LogP contribution in [0.4, 0.5) is 9.18 Å². The van der Waals surface area contributed by atoms with Crippen molar-refractivity contribution in [2.45, 2.75) is 51.7 Å². The van der Waals surface area contributed by atoms with Crippen molar-refractivity contribution in [3.63, 3.8) is 0 Å². The van der Waals surface area contributed by atoms with Gasteiger partial charge in [-0.15, -0.1) is 0 Å². The van der Waals surface area contributed by atoms with Crippen molar-refractivity contribution in [2.75, 3.05) is 19.6 Å². The summed E-state index contributed by atoms with van der Waals surface area (Å²) in [6.45, 7) is 6.54. The van der Waals surface area contributed by atoms with Gasteiger partial charge in [0.2, 0.25) is 5.91 Å². The van der Waals surface area contributed by atoms with Gasteiger partial charge in [-0.3, -0.25) is 4.79 Å². The fraction of sp³-hybridized carbons (Fsp3) is 0.600. The quantitative estimate of drug-likeness (QED) is 0.823. The number of nitrogens with one attached hydrogen (secondary N) is 1. The number of carbonyl (C=O) groups is 2. The van der Waals surface area contributed by atoms with E-state index in [0.29, 0.717) is 19.0 Å². The summed E-state index contributed by atoms with van der Waals surface area (Å²) in [5, 5.41) is 2.57. The van der Waals surface area contributed by atoms with Crippen LogP contribution in [0.3, 0.4) is 0 Å². The lowest BCUT2D eigenvalue weighted by Crippen LogP contribution is -2.55. The summed E-state index contributed by atoms with van der Waals surface area (Å²) < 4.78 is 18.3. The summed E-state index contributed by atoms with van der Waals surface area (Å²) in [6, 6.07) is 5.67. The standard InChI is InChI=1S/C20H30FN3O3/c1-20(2,3)27-19(26)23-17(12-22)18(25)24-10-4-5-15(13-24)11-14-6-8-16(21)9-7-14/h6-9,15,17H,4-5,10-13,22H2,1-3H3,(H,23,26)/t15-,17+/m0/s1. The third-order valence-electron chi connectivity index (χ3n) is 4.49. The minimum absolute atomic E-state index is 0.0111. The number of hydrogen-bond acceptors (Lipinski definition) is 4. The Labute approximate surface area is 160 Å². The second-order valence-corrected chi connectivity index (χ2v) is 8.06. The van der Waals surface area contributed by atoms with E-state index in [9.17, 15) is 14.0 Å². The van der Waals surface area contributed by atoms with E-state index in [1.165, 1.54) is 12.1 Å². The SMILES string of the molecule is CC(C)(C)OC(=O)N[C@H](CN)C(=O)N1CCC[C@@H](Cc2ccc(F)cc2)C1. The van der Waals surface area contributed by atoms with Gasteiger partial charge in [-0.1, -0.05) is 12.1 Å². The molecule has 2 atom stereocenters. The van der Waals surface area contributed by atoms with Crippen LogP contribution in [0.15, 0.2) is 24.3 Å². The normalized spacial score (nSPS) is 18.7. The Balaban J connectivity index is 1.93. The highest BCUT2D eigenvalue weighted by atomic mass is 19.1. The van der Waals surface area contributed by atoms with Gasteiger partial charge in [-0.05, 0) is 63.6 Å². The van der Waals surface area contributed by atoms with Crippen molar-refractivity contribution < 1.29 is 18.7 Å². The number of halogens is 1. The first-order valence-corrected chi connectivity index (χ1v) is 9.41. The summed E-state index contributed by atoms with van der Waals surface area (Å²) in [7, 11) is 0. The molecule has 6 nitrogen and oxygen atoms in total. The minimum Gasteiger partial charge on any atom is -0.444 e. The number of ether oxygens (including phenoxy) is 1. The number of hydrogen-bond donors (Lipinski definition) is 2. The van der Waals surface area contributed by atoms with Crippen LogP contribution in [-0.4, -0.2) is 48.2 Å². The summed E-state index contributed by atoms with van der Waals surface area (Å²) in [5.74, 6) is -0.140. The maximum atomic E-state index is 13.1. The Morgan fingerprint density at radius 1 is 1.33 bits per heavy atom. The van der Waals surface area contributed by atoms with E-state index < -0.39 is 17.7 Å². The zero-order valence-corrected chi connectivity index (χ0v) is 16.3. The third kappa shape index (κ3) is 6.82. The molecule has 7 heteroatoms. The third-order valence-corrected chi connectivity index (χ3v) is 4.49. The average Bonchev–Trinajstić information content (AvgIpc) is 2.60. The van der Waals surface area contributed by atoms with Gasteiger partial charge in [0.15, 0.2) is 0 Å². The number of carbonyl (C=O) groups excluding carboxylic acids is 2. The molecule has 1 aliphatic heterocycles. The van der Waals surface area contributed by atoms with Crippen LogP contribution in [0.2, 0.25) is 0 Å². The first kappa shape index (κ1) is 21.2. The lowest BCUT2D eigenvalue weighted by atomic mass is 9.91. The number of alkyl carbamates (subject to hydrolysis) is 1. The molecule has 0 spiro atoms. The maximum Gasteiger partial charge on any atom is 0.408 e. The van der Waals surface area contributed by atoms with Crippen LogP contribution in [0, 0.1) is 11.7 Å². The molecule has 1 aromatic carbocycles. The molecule has 27 heavy (non-hydrogen) atoms. The number of piperidine rings is 1. The zero-order valence-electron chi connectivity index (χ0n) is 16.3. The first-order chi connectivity index (χ1) is 12.7. The maximum absolute atomic E-state index is 13.1. The summed E-state index contributed by atoms with van der Waals surface area (Å²) >= 11 is 0. The Hall–Kier alpha value is -2.15. The molecular weight excluding hydrogens is 349 g/mol. The van der Waals surface area contributed by atoms with Crippen molar-refractivity contribution in [3.8, 4) is 0 Å². The van der Waals surface area contributed by atoms with Crippen molar-refractivity contribution in [2.24, 2.45) is 11.7 Å². The highest BCUT2D eigenvalue weighted by Crippen LogP contribution is 2.21. The Morgan fingerprint density at radius 3 is 2.59 bits per heavy atom. The lowest BCUT2D eigenvalue weighted by molar-refractivity contribution is -0.135. The minimum atomic E-state index is -0.801. The molecule has 0 radical (unpaired) electrons. The zero-order chi connectivity index (χ0) is 20.0. The van der Waals surface area contributed by atoms with Crippen molar-refractivity contribution in [1.29, 1.82) is 0 Å². The van der Waals surface area contributed by atoms with Crippen molar-refractivity contribution in [3.05, 3.63) is 35.6 Å². The van der Waals surface area contributed by atoms with Gasteiger partial charge in [-0.25, -0.2) is 9.18 Å². The molecule has 1 aliphatic rings. The van der Waals surface area contributed by atoms with E-state index in [1.807, 2.05) is 0 Å². The van der Waals surface area contributed by atoms with Crippen molar-refractivity contribution in [1.82, 2.24) is 10.2 Å². The van der Waals surface area contributed by atoms with Gasteiger partial charge in [0.05, 0.1) is 0 Å². The Bertz CT molecular complexity index is 643. The monoisotopic (exact) mass is 379 g/mol. The molecule has 3 N–H and O–H groups in total. The van der Waals surface area contributed by atoms with Crippen LogP contribution < -0.4 is 11.1 Å². The van der Waals surface area contributed by atoms with Gasteiger partial charge >= 0.3 is 6.09 Å². The van der Waals surface area contributed by atoms with E-state index in [-0.39, 0.29) is 18.3 Å². The first-order valence-electron chi connectivity index (χ1n) is 9.41. The number of benzene rings is 1. The number of likely N-dealkylation sites (tertiary alicyclic amines) is 1. The second kappa shape index (κ2) is 9.17. The summed E-state index contributed by atoms with van der Waals surface area (Å²) in [6.07, 6.45) is 2.04. The predicted octanol–water partition coefficient (Wildman–Crippen LogP) is 2.46. The molecule has 1 heterocycles. The molecule has 1 saturated heterocycles. The molecule has 0 saturated carbocycles. The number of rotatable bonds is 5. The van der Waals surface area contributed by atoms with Crippen LogP contribution in [0.25, 0.3) is 0 Å². The molecule has 0 aromatic heterocycles. The van der Waals surface area contributed by atoms with Crippen LogP contribution in [0.5, 0.6) is 0 Å². The molecule has 0 aliphatic carbocycles. The molecule has 2 rings (SSSR count). The molecule has 0 bridgehead atoms. The largest absolute Gasteiger partial charge is 0.444 e. The van der Waals surface area contributed by atoms with Gasteiger partial charge in [0.1, 0.15) is 17.5 Å². The fourth-order valence-corrected chi connectivity index (χ4v) is 3.28. The second-order valence-electron chi connectivity index (χ2n) is 8.06. The number of amides is 2. The molecule has 2 amide bonds. The van der Waals surface area contributed by atoms with Crippen molar-refractivity contribution >= 4 is 12.0 Å². The van der Waals surface area contributed by atoms with Crippen LogP contribution >= 0.6 is 0 Å². The number of nitrogens with two attached hydrogens (primary N) is 1. The molecule has 1 aromatic rings. The van der Waals surface area contributed by atoms with E-state index in [1.54, 1.807) is 37.8 Å². The molecule has 150 valence electrons. The molecule has 1 fully saturated rings. The van der Waals surface area contributed by atoms with E-state index >= 15 is 0 Å². The Kier molecular flexibility index (Phi) is 7.18. The number of nitrogens with zero attached hydrogens (tertiary/aromatic N) is 1. The van der Waals surface area contributed by atoms with Gasteiger partial charge in [0, 0.05) is 19.6 Å². The van der Waals surface area contributed by atoms with E-state index in [4.69, 9.17) is 10.5 Å². The van der Waals surface area contributed by atoms with Gasteiger partial charge < -0.3 is 20.7 Å². The lowest BCUT2D eigenvalue weighted by Gasteiger charge is -2.35. The van der Waals surface area contributed by atoms with Gasteiger partial charge in [0.25, 0.3) is 0 Å². The van der Waals surface area contributed by atoms with Crippen LogP contribution in [0.1, 0.15) is 39.2 Å². The average molecular weight is 379 g/mol. The summed E-state index contributed by atoms with van der Waals surface area (Å²) in [5.41, 5.74) is 6.12. The smallest absolute Gasteiger partial charge is 0.408 e. The predicted molar refractivity (Wildman–Crippen MR) is 102 cm³/mol.